The molecule has 0 fully saturated rings. The van der Waals surface area contributed by atoms with E-state index in [1.165, 1.54) is 24.3 Å². The molecule has 1 N–H and O–H groups in total. The van der Waals surface area contributed by atoms with E-state index in [1.54, 1.807) is 6.07 Å². The molecule has 1 aromatic heterocycles. The number of nitriles is 1. The maximum Gasteiger partial charge on any atom is 0.422 e. The number of carbonyl (C=O) groups excluding carboxylic acids is 1. The zero-order valence-electron chi connectivity index (χ0n) is 17.3. The summed E-state index contributed by atoms with van der Waals surface area (Å²) in [7, 11) is 0. The van der Waals surface area contributed by atoms with Gasteiger partial charge in [0.15, 0.2) is 6.61 Å². The quantitative estimate of drug-likeness (QED) is 0.493. The van der Waals surface area contributed by atoms with E-state index in [9.17, 15) is 23.2 Å². The SMILES string of the molecule is Cc1cc(/C=C(\C#N)C(=O)Nc2ccccc2OCC(F)(F)F)c(C)n1CC(C)C. The number of hydrogen-bond donors (Lipinski definition) is 1. The molecule has 1 amide bonds. The third-order valence-corrected chi connectivity index (χ3v) is 4.35. The first-order chi connectivity index (χ1) is 14.0. The highest BCUT2D eigenvalue weighted by Crippen LogP contribution is 2.27. The van der Waals surface area contributed by atoms with Gasteiger partial charge in [0.1, 0.15) is 17.4 Å². The van der Waals surface area contributed by atoms with Gasteiger partial charge in [-0.2, -0.15) is 18.4 Å². The van der Waals surface area contributed by atoms with Gasteiger partial charge >= 0.3 is 6.18 Å². The summed E-state index contributed by atoms with van der Waals surface area (Å²) in [6.45, 7) is 7.38. The smallest absolute Gasteiger partial charge is 0.422 e. The van der Waals surface area contributed by atoms with Crippen LogP contribution in [0.5, 0.6) is 5.75 Å². The van der Waals surface area contributed by atoms with Gasteiger partial charge in [0.05, 0.1) is 5.69 Å². The van der Waals surface area contributed by atoms with E-state index in [0.29, 0.717) is 5.92 Å². The number of nitrogens with zero attached hydrogens (tertiary/aromatic N) is 2. The maximum atomic E-state index is 12.6. The molecule has 30 heavy (non-hydrogen) atoms. The van der Waals surface area contributed by atoms with Crippen molar-refractivity contribution >= 4 is 17.7 Å². The van der Waals surface area contributed by atoms with E-state index in [-0.39, 0.29) is 17.0 Å². The Morgan fingerprint density at radius 2 is 1.97 bits per heavy atom. The fraction of sp³-hybridized carbons (Fsp3) is 0.364. The van der Waals surface area contributed by atoms with E-state index >= 15 is 0 Å². The molecule has 2 aromatic rings. The van der Waals surface area contributed by atoms with Gasteiger partial charge in [-0.3, -0.25) is 4.79 Å². The Kier molecular flexibility index (Phi) is 7.33. The molecule has 0 atom stereocenters. The van der Waals surface area contributed by atoms with Crippen molar-refractivity contribution in [2.75, 3.05) is 11.9 Å². The zero-order valence-corrected chi connectivity index (χ0v) is 17.3. The number of alkyl halides is 3. The van der Waals surface area contributed by atoms with Gasteiger partial charge in [-0.15, -0.1) is 0 Å². The zero-order chi connectivity index (χ0) is 22.5. The number of rotatable bonds is 7. The lowest BCUT2D eigenvalue weighted by atomic mass is 10.1. The second-order valence-corrected chi connectivity index (χ2v) is 7.35. The topological polar surface area (TPSA) is 67.1 Å². The summed E-state index contributed by atoms with van der Waals surface area (Å²) in [6.07, 6.45) is -3.03. The van der Waals surface area contributed by atoms with Gasteiger partial charge in [0.2, 0.25) is 0 Å². The fourth-order valence-electron chi connectivity index (χ4n) is 2.97. The van der Waals surface area contributed by atoms with Crippen LogP contribution >= 0.6 is 0 Å². The Hall–Kier alpha value is -3.21. The van der Waals surface area contributed by atoms with Crippen molar-refractivity contribution in [1.29, 1.82) is 5.26 Å². The number of para-hydroxylation sites is 2. The van der Waals surface area contributed by atoms with Gasteiger partial charge in [-0.1, -0.05) is 26.0 Å². The van der Waals surface area contributed by atoms with Crippen LogP contribution < -0.4 is 10.1 Å². The Morgan fingerprint density at radius 1 is 1.30 bits per heavy atom. The molecule has 0 saturated carbocycles. The molecular formula is C22H24F3N3O2. The number of amides is 1. The first-order valence-corrected chi connectivity index (χ1v) is 9.40. The molecule has 0 spiro atoms. The van der Waals surface area contributed by atoms with E-state index in [2.05, 4.69) is 23.7 Å². The second kappa shape index (κ2) is 9.53. The molecule has 1 heterocycles. The number of anilines is 1. The summed E-state index contributed by atoms with van der Waals surface area (Å²) in [5, 5.41) is 11.9. The molecular weight excluding hydrogens is 395 g/mol. The van der Waals surface area contributed by atoms with Crippen molar-refractivity contribution in [3.8, 4) is 11.8 Å². The summed E-state index contributed by atoms with van der Waals surface area (Å²) < 4.78 is 44.2. The Bertz CT molecular complexity index is 982. The number of aromatic nitrogens is 1. The number of ether oxygens (including phenoxy) is 1. The van der Waals surface area contributed by atoms with Crippen molar-refractivity contribution in [2.45, 2.75) is 40.4 Å². The second-order valence-electron chi connectivity index (χ2n) is 7.35. The number of carbonyl (C=O) groups is 1. The van der Waals surface area contributed by atoms with Gasteiger partial charge in [0, 0.05) is 17.9 Å². The highest BCUT2D eigenvalue weighted by molar-refractivity contribution is 6.10. The summed E-state index contributed by atoms with van der Waals surface area (Å²) in [5.41, 5.74) is 2.57. The molecule has 0 aliphatic carbocycles. The molecule has 5 nitrogen and oxygen atoms in total. The van der Waals surface area contributed by atoms with Crippen LogP contribution in [0, 0.1) is 31.1 Å². The van der Waals surface area contributed by atoms with Crippen LogP contribution in [0.4, 0.5) is 18.9 Å². The molecule has 8 heteroatoms. The van der Waals surface area contributed by atoms with Gasteiger partial charge < -0.3 is 14.6 Å². The molecule has 0 aliphatic rings. The number of halogens is 3. The van der Waals surface area contributed by atoms with Gasteiger partial charge in [0.25, 0.3) is 5.91 Å². The van der Waals surface area contributed by atoms with Crippen molar-refractivity contribution in [3.05, 3.63) is 52.9 Å². The molecule has 160 valence electrons. The number of aryl methyl sites for hydroxylation is 1. The van der Waals surface area contributed by atoms with E-state index in [1.807, 2.05) is 26.0 Å². The van der Waals surface area contributed by atoms with E-state index < -0.39 is 18.7 Å². The average molecular weight is 419 g/mol. The molecule has 1 aromatic carbocycles. The predicted octanol–water partition coefficient (Wildman–Crippen LogP) is 5.25. The third-order valence-electron chi connectivity index (χ3n) is 4.35. The summed E-state index contributed by atoms with van der Waals surface area (Å²) in [4.78, 5) is 12.6. The largest absolute Gasteiger partial charge is 0.482 e. The predicted molar refractivity (Wildman–Crippen MR) is 109 cm³/mol. The fourth-order valence-corrected chi connectivity index (χ4v) is 2.97. The Labute approximate surface area is 173 Å². The molecule has 2 rings (SSSR count). The van der Waals surface area contributed by atoms with E-state index in [0.717, 1.165) is 23.5 Å². The average Bonchev–Trinajstić information content (AvgIpc) is 2.91. The minimum absolute atomic E-state index is 0.0539. The highest BCUT2D eigenvalue weighted by Gasteiger charge is 2.29. The lowest BCUT2D eigenvalue weighted by molar-refractivity contribution is -0.153. The molecule has 0 saturated heterocycles. The molecule has 0 aliphatic heterocycles. The molecule has 0 unspecified atom stereocenters. The summed E-state index contributed by atoms with van der Waals surface area (Å²) in [5.74, 6) is -0.427. The van der Waals surface area contributed by atoms with Crippen LogP contribution in [0.3, 0.4) is 0 Å². The number of benzene rings is 1. The van der Waals surface area contributed by atoms with Crippen LogP contribution in [0.2, 0.25) is 0 Å². The normalized spacial score (nSPS) is 12.0. The van der Waals surface area contributed by atoms with Crippen LogP contribution in [0.1, 0.15) is 30.8 Å². The minimum atomic E-state index is -4.51. The lowest BCUT2D eigenvalue weighted by Gasteiger charge is -2.13. The molecule has 0 bridgehead atoms. The van der Waals surface area contributed by atoms with Crippen LogP contribution in [-0.2, 0) is 11.3 Å². The first-order valence-electron chi connectivity index (χ1n) is 9.40. The van der Waals surface area contributed by atoms with Crippen molar-refractivity contribution < 1.29 is 22.7 Å². The van der Waals surface area contributed by atoms with Crippen molar-refractivity contribution in [3.63, 3.8) is 0 Å². The van der Waals surface area contributed by atoms with Crippen LogP contribution in [0.25, 0.3) is 6.08 Å². The minimum Gasteiger partial charge on any atom is -0.482 e. The monoisotopic (exact) mass is 419 g/mol. The van der Waals surface area contributed by atoms with Crippen LogP contribution in [-0.4, -0.2) is 23.3 Å². The standard InChI is InChI=1S/C22H24F3N3O2/c1-14(2)12-28-15(3)9-17(16(28)4)10-18(11-26)21(29)27-19-7-5-6-8-20(19)30-13-22(23,24)25/h5-10,14H,12-13H2,1-4H3,(H,27,29)/b18-10+. The van der Waals surface area contributed by atoms with Gasteiger partial charge in [-0.05, 0) is 49.6 Å². The summed E-state index contributed by atoms with van der Waals surface area (Å²) >= 11 is 0. The van der Waals surface area contributed by atoms with Crippen LogP contribution in [0.15, 0.2) is 35.9 Å². The first kappa shape index (κ1) is 23.1. The summed E-state index contributed by atoms with van der Waals surface area (Å²) in [6, 6.07) is 9.52. The van der Waals surface area contributed by atoms with E-state index in [4.69, 9.17) is 4.74 Å². The van der Waals surface area contributed by atoms with Gasteiger partial charge in [-0.25, -0.2) is 0 Å². The Morgan fingerprint density at radius 3 is 2.57 bits per heavy atom. The number of nitrogens with one attached hydrogen (secondary N) is 1. The molecule has 0 radical (unpaired) electrons. The Balaban J connectivity index is 2.26. The van der Waals surface area contributed by atoms with Crippen molar-refractivity contribution in [1.82, 2.24) is 4.57 Å². The number of hydrogen-bond acceptors (Lipinski definition) is 3. The maximum absolute atomic E-state index is 12.6. The van der Waals surface area contributed by atoms with Crippen molar-refractivity contribution in [2.24, 2.45) is 5.92 Å². The third kappa shape index (κ3) is 6.14. The highest BCUT2D eigenvalue weighted by atomic mass is 19.4. The lowest BCUT2D eigenvalue weighted by Crippen LogP contribution is -2.20.